The van der Waals surface area contributed by atoms with E-state index in [1.165, 1.54) is 0 Å². The predicted molar refractivity (Wildman–Crippen MR) is 109 cm³/mol. The maximum absolute atomic E-state index is 6.26. The highest BCUT2D eigenvalue weighted by Gasteiger charge is 2.29. The summed E-state index contributed by atoms with van der Waals surface area (Å²) in [4.78, 5) is 7.37. The molecule has 0 aliphatic rings. The highest BCUT2D eigenvalue weighted by atomic mass is 35.6. The number of imidazole rings is 1. The molecule has 0 radical (unpaired) electrons. The lowest BCUT2D eigenvalue weighted by Crippen LogP contribution is -2.06. The Morgan fingerprint density at radius 1 is 0.960 bits per heavy atom. The minimum absolute atomic E-state index is 0.549. The fraction of sp³-hybridized carbons (Fsp3) is 0.0500. The molecule has 0 saturated heterocycles. The third-order valence-electron chi connectivity index (χ3n) is 3.91. The zero-order valence-corrected chi connectivity index (χ0v) is 15.5. The summed E-state index contributed by atoms with van der Waals surface area (Å²) in [6.45, 7) is 7.67. The molecule has 0 unspecified atom stereocenters. The molecule has 0 amide bonds. The van der Waals surface area contributed by atoms with Crippen LogP contribution in [0.4, 0.5) is 0 Å². The van der Waals surface area contributed by atoms with Crippen molar-refractivity contribution in [1.29, 1.82) is 0 Å². The van der Waals surface area contributed by atoms with Crippen LogP contribution in [0.15, 0.2) is 61.9 Å². The molecule has 3 rings (SSSR count). The van der Waals surface area contributed by atoms with E-state index >= 15 is 0 Å². The summed E-state index contributed by atoms with van der Waals surface area (Å²) < 4.78 is -1.60. The van der Waals surface area contributed by atoms with E-state index in [-0.39, 0.29) is 0 Å². The van der Waals surface area contributed by atoms with Gasteiger partial charge in [0.1, 0.15) is 5.82 Å². The van der Waals surface area contributed by atoms with Crippen LogP contribution in [0.3, 0.4) is 0 Å². The summed E-state index contributed by atoms with van der Waals surface area (Å²) in [5.74, 6) is 0.629. The van der Waals surface area contributed by atoms with E-state index in [9.17, 15) is 0 Å². The summed E-state index contributed by atoms with van der Waals surface area (Å²) in [6, 6.07) is 11.9. The molecule has 0 atom stereocenters. The number of rotatable bonds is 4. The number of nitrogens with one attached hydrogen (secondary N) is 1. The molecule has 1 aromatic heterocycles. The Balaban J connectivity index is 2.25. The van der Waals surface area contributed by atoms with Crippen molar-refractivity contribution in [2.75, 3.05) is 0 Å². The Bertz CT molecular complexity index is 905. The standard InChI is InChI=1S/C20H15Cl3N2/c1-3-13-5-7-15(8-6-13)16-11-14(4-2)18(19-24-9-10-25-19)17(12-16)20(21,22)23/h3-12H,1-2H2,(H,24,25). The molecule has 3 aromatic rings. The number of alkyl halides is 3. The smallest absolute Gasteiger partial charge is 0.216 e. The molecule has 0 fully saturated rings. The molecule has 25 heavy (non-hydrogen) atoms. The minimum Gasteiger partial charge on any atom is -0.345 e. The Morgan fingerprint density at radius 2 is 1.68 bits per heavy atom. The van der Waals surface area contributed by atoms with E-state index in [4.69, 9.17) is 34.8 Å². The SMILES string of the molecule is C=Cc1ccc(-c2cc(C=C)c(-c3ncc[nH]3)c(C(Cl)(Cl)Cl)c2)cc1. The summed E-state index contributed by atoms with van der Waals surface area (Å²) in [7, 11) is 0. The van der Waals surface area contributed by atoms with Crippen molar-refractivity contribution >= 4 is 47.0 Å². The lowest BCUT2D eigenvalue weighted by atomic mass is 9.93. The number of benzene rings is 2. The lowest BCUT2D eigenvalue weighted by molar-refractivity contribution is 1.20. The zero-order valence-electron chi connectivity index (χ0n) is 13.3. The Kier molecular flexibility index (Phi) is 5.05. The molecule has 126 valence electrons. The second-order valence-corrected chi connectivity index (χ2v) is 7.74. The van der Waals surface area contributed by atoms with Crippen molar-refractivity contribution in [2.45, 2.75) is 3.79 Å². The number of nitrogens with zero attached hydrogens (tertiary/aromatic N) is 1. The average molecular weight is 390 g/mol. The van der Waals surface area contributed by atoms with Gasteiger partial charge in [0.15, 0.2) is 0 Å². The van der Waals surface area contributed by atoms with Crippen LogP contribution in [0.5, 0.6) is 0 Å². The van der Waals surface area contributed by atoms with Gasteiger partial charge in [0.25, 0.3) is 0 Å². The van der Waals surface area contributed by atoms with Gasteiger partial charge in [0.05, 0.1) is 0 Å². The van der Waals surface area contributed by atoms with Crippen LogP contribution in [-0.4, -0.2) is 9.97 Å². The Morgan fingerprint density at radius 3 is 2.20 bits per heavy atom. The van der Waals surface area contributed by atoms with Crippen molar-refractivity contribution < 1.29 is 0 Å². The zero-order chi connectivity index (χ0) is 18.0. The second kappa shape index (κ2) is 7.09. The average Bonchev–Trinajstić information content (AvgIpc) is 3.14. The van der Waals surface area contributed by atoms with E-state index in [0.29, 0.717) is 11.4 Å². The van der Waals surface area contributed by atoms with Crippen molar-refractivity contribution in [3.8, 4) is 22.5 Å². The van der Waals surface area contributed by atoms with Gasteiger partial charge >= 0.3 is 0 Å². The third-order valence-corrected chi connectivity index (χ3v) is 4.52. The van der Waals surface area contributed by atoms with Gasteiger partial charge in [-0.3, -0.25) is 0 Å². The molecular weight excluding hydrogens is 375 g/mol. The molecule has 0 aliphatic heterocycles. The summed E-state index contributed by atoms with van der Waals surface area (Å²) in [5, 5.41) is 0. The molecule has 0 bridgehead atoms. The van der Waals surface area contributed by atoms with Crippen LogP contribution < -0.4 is 0 Å². The van der Waals surface area contributed by atoms with Gasteiger partial charge in [0, 0.05) is 23.5 Å². The van der Waals surface area contributed by atoms with E-state index in [1.54, 1.807) is 24.5 Å². The van der Waals surface area contributed by atoms with Crippen molar-refractivity contribution in [3.63, 3.8) is 0 Å². The fourth-order valence-electron chi connectivity index (χ4n) is 2.69. The molecule has 0 aliphatic carbocycles. The Labute approximate surface area is 161 Å². The number of aromatic nitrogens is 2. The number of aromatic amines is 1. The fourth-order valence-corrected chi connectivity index (χ4v) is 3.14. The first-order valence-electron chi connectivity index (χ1n) is 7.54. The molecule has 0 saturated carbocycles. The highest BCUT2D eigenvalue weighted by Crippen LogP contribution is 2.45. The number of hydrogen-bond acceptors (Lipinski definition) is 1. The van der Waals surface area contributed by atoms with Gasteiger partial charge in [-0.2, -0.15) is 0 Å². The normalized spacial score (nSPS) is 11.3. The van der Waals surface area contributed by atoms with Gasteiger partial charge in [-0.15, -0.1) is 0 Å². The molecular formula is C20H15Cl3N2. The monoisotopic (exact) mass is 388 g/mol. The van der Waals surface area contributed by atoms with E-state index < -0.39 is 3.79 Å². The molecule has 5 heteroatoms. The number of hydrogen-bond donors (Lipinski definition) is 1. The maximum Gasteiger partial charge on any atom is 0.216 e. The van der Waals surface area contributed by atoms with Gasteiger partial charge in [-0.1, -0.05) is 84.4 Å². The summed E-state index contributed by atoms with van der Waals surface area (Å²) in [6.07, 6.45) is 6.92. The topological polar surface area (TPSA) is 28.7 Å². The van der Waals surface area contributed by atoms with E-state index in [0.717, 1.165) is 27.8 Å². The first-order chi connectivity index (χ1) is 11.9. The van der Waals surface area contributed by atoms with Crippen LogP contribution >= 0.6 is 34.8 Å². The van der Waals surface area contributed by atoms with Crippen molar-refractivity contribution in [3.05, 3.63) is 78.6 Å². The predicted octanol–water partition coefficient (Wildman–Crippen LogP) is 6.86. The maximum atomic E-state index is 6.26. The van der Waals surface area contributed by atoms with Crippen LogP contribution in [0, 0.1) is 0 Å². The second-order valence-electron chi connectivity index (χ2n) is 5.45. The third kappa shape index (κ3) is 3.67. The number of H-pyrrole nitrogens is 1. The first-order valence-corrected chi connectivity index (χ1v) is 8.67. The van der Waals surface area contributed by atoms with Crippen LogP contribution in [0.25, 0.3) is 34.7 Å². The lowest BCUT2D eigenvalue weighted by Gasteiger charge is -2.19. The largest absolute Gasteiger partial charge is 0.345 e. The molecule has 1 heterocycles. The molecule has 0 spiro atoms. The van der Waals surface area contributed by atoms with Crippen LogP contribution in [0.2, 0.25) is 0 Å². The van der Waals surface area contributed by atoms with Crippen LogP contribution in [0.1, 0.15) is 16.7 Å². The number of halogens is 3. The van der Waals surface area contributed by atoms with Gasteiger partial charge in [-0.25, -0.2) is 4.98 Å². The molecule has 2 aromatic carbocycles. The van der Waals surface area contributed by atoms with E-state index in [2.05, 4.69) is 23.1 Å². The molecule has 1 N–H and O–H groups in total. The summed E-state index contributed by atoms with van der Waals surface area (Å²) >= 11 is 18.8. The van der Waals surface area contributed by atoms with E-state index in [1.807, 2.05) is 36.4 Å². The van der Waals surface area contributed by atoms with Crippen molar-refractivity contribution in [2.24, 2.45) is 0 Å². The van der Waals surface area contributed by atoms with Gasteiger partial charge in [-0.05, 0) is 34.4 Å². The first kappa shape index (κ1) is 17.8. The highest BCUT2D eigenvalue weighted by molar-refractivity contribution is 6.67. The van der Waals surface area contributed by atoms with Crippen LogP contribution in [-0.2, 0) is 3.79 Å². The summed E-state index contributed by atoms with van der Waals surface area (Å²) in [5.41, 5.74) is 5.10. The van der Waals surface area contributed by atoms with Gasteiger partial charge in [0.2, 0.25) is 3.79 Å². The van der Waals surface area contributed by atoms with Crippen molar-refractivity contribution in [1.82, 2.24) is 9.97 Å². The molecule has 2 nitrogen and oxygen atoms in total. The quantitative estimate of drug-likeness (QED) is 0.485. The van der Waals surface area contributed by atoms with Gasteiger partial charge < -0.3 is 4.98 Å². The Hall–Kier alpha value is -2.00. The minimum atomic E-state index is -1.60.